The normalized spacial score (nSPS) is 13.1. The van der Waals surface area contributed by atoms with Gasteiger partial charge in [0.25, 0.3) is 0 Å². The second-order valence-corrected chi connectivity index (χ2v) is 15.8. The van der Waals surface area contributed by atoms with Crippen LogP contribution in [0, 0.1) is 0 Å². The van der Waals surface area contributed by atoms with Gasteiger partial charge in [0.1, 0.15) is 0 Å². The molecule has 0 saturated carbocycles. The van der Waals surface area contributed by atoms with E-state index in [9.17, 15) is 0 Å². The van der Waals surface area contributed by atoms with Crippen LogP contribution in [0.5, 0.6) is 0 Å². The molecule has 0 fully saturated rings. The van der Waals surface area contributed by atoms with Crippen LogP contribution in [0.15, 0.2) is 261 Å². The summed E-state index contributed by atoms with van der Waals surface area (Å²) >= 11 is 0. The van der Waals surface area contributed by atoms with Gasteiger partial charge in [-0.25, -0.2) is 0 Å². The first-order chi connectivity index (χ1) is 30.7. The number of benzene rings is 9. The molecule has 1 atom stereocenters. The zero-order valence-corrected chi connectivity index (χ0v) is 34.5. The monoisotopic (exact) mass is 794 g/mol. The van der Waals surface area contributed by atoms with Crippen LogP contribution in [0.3, 0.4) is 0 Å². The van der Waals surface area contributed by atoms with Crippen molar-refractivity contribution < 1.29 is 0 Å². The van der Waals surface area contributed by atoms with Crippen molar-refractivity contribution >= 4 is 34.1 Å². The number of para-hydroxylation sites is 2. The van der Waals surface area contributed by atoms with Crippen LogP contribution >= 0.6 is 0 Å². The van der Waals surface area contributed by atoms with Gasteiger partial charge < -0.3 is 9.80 Å². The van der Waals surface area contributed by atoms with Crippen LogP contribution in [-0.2, 0) is 0 Å². The quantitative estimate of drug-likeness (QED) is 0.129. The number of rotatable bonds is 11. The van der Waals surface area contributed by atoms with Crippen LogP contribution in [0.2, 0.25) is 0 Å². The Hall–Kier alpha value is -7.94. The molecule has 1 aliphatic carbocycles. The van der Waals surface area contributed by atoms with Gasteiger partial charge in [-0.05, 0) is 129 Å². The highest BCUT2D eigenvalue weighted by atomic mass is 15.1. The van der Waals surface area contributed by atoms with Crippen molar-refractivity contribution in [3.8, 4) is 44.5 Å². The molecule has 62 heavy (non-hydrogen) atoms. The molecule has 0 heterocycles. The van der Waals surface area contributed by atoms with Crippen molar-refractivity contribution in [1.29, 1.82) is 0 Å². The van der Waals surface area contributed by atoms with Gasteiger partial charge in [-0.3, -0.25) is 0 Å². The lowest BCUT2D eigenvalue weighted by molar-refractivity contribution is 0.853. The molecule has 0 aromatic heterocycles. The number of hydrogen-bond acceptors (Lipinski definition) is 2. The highest BCUT2D eigenvalue weighted by molar-refractivity contribution is 5.82. The van der Waals surface area contributed by atoms with Gasteiger partial charge in [-0.1, -0.05) is 188 Å². The van der Waals surface area contributed by atoms with E-state index in [0.29, 0.717) is 5.92 Å². The first-order valence-corrected chi connectivity index (χ1v) is 21.4. The van der Waals surface area contributed by atoms with Crippen molar-refractivity contribution in [2.24, 2.45) is 0 Å². The van der Waals surface area contributed by atoms with Crippen molar-refractivity contribution in [1.82, 2.24) is 0 Å². The largest absolute Gasteiger partial charge is 0.310 e. The molecule has 0 radical (unpaired) electrons. The molecule has 1 unspecified atom stereocenters. The van der Waals surface area contributed by atoms with Crippen LogP contribution < -0.4 is 9.80 Å². The summed E-state index contributed by atoms with van der Waals surface area (Å²) in [5.74, 6) is 0.395. The first-order valence-electron chi connectivity index (χ1n) is 21.4. The Morgan fingerprint density at radius 1 is 0.274 bits per heavy atom. The zero-order valence-electron chi connectivity index (χ0n) is 34.5. The van der Waals surface area contributed by atoms with E-state index < -0.39 is 0 Å². The van der Waals surface area contributed by atoms with E-state index in [2.05, 4.69) is 271 Å². The average molecular weight is 795 g/mol. The number of allylic oxidation sites excluding steroid dienone is 4. The van der Waals surface area contributed by atoms with E-state index >= 15 is 0 Å². The van der Waals surface area contributed by atoms with Crippen molar-refractivity contribution in [3.05, 3.63) is 266 Å². The molecular weight excluding hydrogens is 749 g/mol. The molecule has 9 aromatic carbocycles. The lowest BCUT2D eigenvalue weighted by Gasteiger charge is -2.27. The summed E-state index contributed by atoms with van der Waals surface area (Å²) in [7, 11) is 0. The third-order valence-electron chi connectivity index (χ3n) is 11.8. The Balaban J connectivity index is 0.856. The second-order valence-electron chi connectivity index (χ2n) is 15.8. The van der Waals surface area contributed by atoms with Gasteiger partial charge in [0.2, 0.25) is 0 Å². The number of hydrogen-bond donors (Lipinski definition) is 0. The Kier molecular flexibility index (Phi) is 10.9. The minimum atomic E-state index is 0.395. The third kappa shape index (κ3) is 8.28. The fourth-order valence-electron chi connectivity index (χ4n) is 8.54. The van der Waals surface area contributed by atoms with Gasteiger partial charge in [0.15, 0.2) is 0 Å². The molecule has 2 heteroatoms. The zero-order chi connectivity index (χ0) is 41.5. The predicted molar refractivity (Wildman–Crippen MR) is 263 cm³/mol. The van der Waals surface area contributed by atoms with E-state index in [4.69, 9.17) is 0 Å². The minimum absolute atomic E-state index is 0.395. The summed E-state index contributed by atoms with van der Waals surface area (Å²) in [6.45, 7) is 0. The molecule has 0 bridgehead atoms. The lowest BCUT2D eigenvalue weighted by atomic mass is 9.92. The fraction of sp³-hybridized carbons (Fsp3) is 0.0333. The standard InChI is InChI=1S/C60H46N2/c1-5-15-45(16-6-1)53-19-13-25-59(43-53)61(55-21-9-3-10-22-55)57-39-35-51(36-40-57)49-31-27-47(28-32-49)48-29-33-50(34-30-48)52-37-41-58(42-38-52)62(56-23-11-4-12-24-56)60-26-14-20-54(44-60)46-17-7-2-8-18-46/h1-17,19-44,46H,18H2. The van der Waals surface area contributed by atoms with Gasteiger partial charge in [0, 0.05) is 40.0 Å². The van der Waals surface area contributed by atoms with E-state index in [1.54, 1.807) is 0 Å². The van der Waals surface area contributed by atoms with Gasteiger partial charge >= 0.3 is 0 Å². The third-order valence-corrected chi connectivity index (χ3v) is 11.8. The molecule has 9 aromatic rings. The highest BCUT2D eigenvalue weighted by Gasteiger charge is 2.17. The molecule has 2 nitrogen and oxygen atoms in total. The molecule has 0 amide bonds. The predicted octanol–water partition coefficient (Wildman–Crippen LogP) is 16.9. The molecule has 0 N–H and O–H groups in total. The number of nitrogens with zero attached hydrogens (tertiary/aromatic N) is 2. The second kappa shape index (κ2) is 17.7. The first kappa shape index (κ1) is 38.3. The van der Waals surface area contributed by atoms with Crippen LogP contribution in [0.4, 0.5) is 34.1 Å². The maximum Gasteiger partial charge on any atom is 0.0467 e. The fourth-order valence-corrected chi connectivity index (χ4v) is 8.54. The summed E-state index contributed by atoms with van der Waals surface area (Å²) in [5, 5.41) is 0. The molecule has 296 valence electrons. The molecule has 0 saturated heterocycles. The smallest absolute Gasteiger partial charge is 0.0467 e. The minimum Gasteiger partial charge on any atom is -0.310 e. The summed E-state index contributed by atoms with van der Waals surface area (Å²) in [6, 6.07) is 85.2. The molecule has 0 aliphatic heterocycles. The van der Waals surface area contributed by atoms with Gasteiger partial charge in [-0.15, -0.1) is 0 Å². The van der Waals surface area contributed by atoms with Gasteiger partial charge in [0.05, 0.1) is 0 Å². The van der Waals surface area contributed by atoms with Crippen LogP contribution in [0.25, 0.3) is 44.5 Å². The molecule has 1 aliphatic rings. The Morgan fingerprint density at radius 2 is 0.629 bits per heavy atom. The maximum atomic E-state index is 2.35. The van der Waals surface area contributed by atoms with Crippen LogP contribution in [0.1, 0.15) is 17.9 Å². The molecular formula is C60H46N2. The van der Waals surface area contributed by atoms with Crippen molar-refractivity contribution in [2.75, 3.05) is 9.80 Å². The van der Waals surface area contributed by atoms with E-state index in [-0.39, 0.29) is 0 Å². The Bertz CT molecular complexity index is 2930. The molecule has 0 spiro atoms. The highest BCUT2D eigenvalue weighted by Crippen LogP contribution is 2.40. The van der Waals surface area contributed by atoms with Gasteiger partial charge in [-0.2, -0.15) is 0 Å². The summed E-state index contributed by atoms with van der Waals surface area (Å²) < 4.78 is 0. The average Bonchev–Trinajstić information content (AvgIpc) is 3.36. The van der Waals surface area contributed by atoms with Crippen molar-refractivity contribution in [2.45, 2.75) is 12.3 Å². The lowest BCUT2D eigenvalue weighted by Crippen LogP contribution is -2.10. The topological polar surface area (TPSA) is 6.48 Å². The summed E-state index contributed by atoms with van der Waals surface area (Å²) in [4.78, 5) is 4.67. The Morgan fingerprint density at radius 3 is 1.08 bits per heavy atom. The Labute approximate surface area is 365 Å². The van der Waals surface area contributed by atoms with Crippen molar-refractivity contribution in [3.63, 3.8) is 0 Å². The summed E-state index contributed by atoms with van der Waals surface area (Å²) in [5.41, 5.74) is 17.7. The summed E-state index contributed by atoms with van der Waals surface area (Å²) in [6.07, 6.45) is 9.87. The SMILES string of the molecule is C1=CCC(c2cccc(N(c3ccccc3)c3ccc(-c4ccc(-c5ccc(-c6ccc(N(c7ccccc7)c7cccc(-c8ccccc8)c7)cc6)cc5)cc4)cc3)c2)C=C1. The van der Waals surface area contributed by atoms with E-state index in [0.717, 1.165) is 40.5 Å². The maximum absolute atomic E-state index is 2.35. The molecule has 10 rings (SSSR count). The van der Waals surface area contributed by atoms with Crippen LogP contribution in [-0.4, -0.2) is 0 Å². The van der Waals surface area contributed by atoms with E-state index in [1.165, 1.54) is 50.1 Å². The number of anilines is 6. The van der Waals surface area contributed by atoms with E-state index in [1.807, 2.05) is 0 Å².